The summed E-state index contributed by atoms with van der Waals surface area (Å²) >= 11 is 0. The largest absolute Gasteiger partial charge is 0.494 e. The third-order valence-electron chi connectivity index (χ3n) is 2.25. The number of hydrogen-bond acceptors (Lipinski definition) is 3. The van der Waals surface area contributed by atoms with Gasteiger partial charge in [0.25, 0.3) is 0 Å². The first kappa shape index (κ1) is 10.4. The highest BCUT2D eigenvalue weighted by molar-refractivity contribution is 6.02. The van der Waals surface area contributed by atoms with E-state index in [1.54, 1.807) is 0 Å². The third-order valence-corrected chi connectivity index (χ3v) is 2.25. The fourth-order valence-corrected chi connectivity index (χ4v) is 1.49. The minimum absolute atomic E-state index is 0.0200. The van der Waals surface area contributed by atoms with Gasteiger partial charge in [-0.05, 0) is 12.1 Å². The van der Waals surface area contributed by atoms with Crippen molar-refractivity contribution < 1.29 is 19.0 Å². The van der Waals surface area contributed by atoms with Crippen LogP contribution in [0.3, 0.4) is 0 Å². The second-order valence-electron chi connectivity index (χ2n) is 3.17. The molecule has 5 heteroatoms. The lowest BCUT2D eigenvalue weighted by atomic mass is 10.1. The molecule has 0 aliphatic carbocycles. The Labute approximate surface area is 90.3 Å². The van der Waals surface area contributed by atoms with Crippen molar-refractivity contribution in [2.24, 2.45) is 0 Å². The van der Waals surface area contributed by atoms with Gasteiger partial charge in [0.2, 0.25) is 0 Å². The van der Waals surface area contributed by atoms with Crippen LogP contribution in [-0.2, 0) is 0 Å². The van der Waals surface area contributed by atoms with E-state index in [0.29, 0.717) is 5.52 Å². The van der Waals surface area contributed by atoms with Crippen LogP contribution in [0.25, 0.3) is 10.9 Å². The van der Waals surface area contributed by atoms with Gasteiger partial charge in [0.05, 0.1) is 18.2 Å². The number of ether oxygens (including phenoxy) is 1. The van der Waals surface area contributed by atoms with Crippen LogP contribution in [-0.4, -0.2) is 23.2 Å². The molecule has 2 aromatic rings. The Kier molecular flexibility index (Phi) is 2.44. The maximum atomic E-state index is 13.4. The van der Waals surface area contributed by atoms with Gasteiger partial charge in [-0.1, -0.05) is 0 Å². The van der Waals surface area contributed by atoms with Crippen LogP contribution in [0.5, 0.6) is 5.75 Å². The molecule has 0 radical (unpaired) electrons. The normalized spacial score (nSPS) is 10.4. The molecule has 1 aromatic carbocycles. The van der Waals surface area contributed by atoms with Crippen LogP contribution in [0.2, 0.25) is 0 Å². The summed E-state index contributed by atoms with van der Waals surface area (Å²) in [6.07, 6.45) is 1.36. The third kappa shape index (κ3) is 1.56. The first-order valence-electron chi connectivity index (χ1n) is 4.49. The van der Waals surface area contributed by atoms with Crippen molar-refractivity contribution in [3.05, 3.63) is 35.8 Å². The van der Waals surface area contributed by atoms with Crippen LogP contribution in [0, 0.1) is 5.82 Å². The lowest BCUT2D eigenvalue weighted by Gasteiger charge is -2.05. The second kappa shape index (κ2) is 3.77. The number of rotatable bonds is 2. The van der Waals surface area contributed by atoms with Crippen molar-refractivity contribution in [3.63, 3.8) is 0 Å². The fraction of sp³-hybridized carbons (Fsp3) is 0.0909. The summed E-state index contributed by atoms with van der Waals surface area (Å²) in [6.45, 7) is 0. The molecular weight excluding hydrogens is 213 g/mol. The van der Waals surface area contributed by atoms with Crippen molar-refractivity contribution in [1.29, 1.82) is 0 Å². The zero-order valence-electron chi connectivity index (χ0n) is 8.40. The molecule has 0 spiro atoms. The van der Waals surface area contributed by atoms with Crippen molar-refractivity contribution in [3.8, 4) is 5.75 Å². The van der Waals surface area contributed by atoms with E-state index >= 15 is 0 Å². The Morgan fingerprint density at radius 2 is 2.25 bits per heavy atom. The Morgan fingerprint density at radius 3 is 2.88 bits per heavy atom. The van der Waals surface area contributed by atoms with Crippen molar-refractivity contribution in [2.75, 3.05) is 7.11 Å². The van der Waals surface area contributed by atoms with E-state index in [0.717, 1.165) is 6.07 Å². The summed E-state index contributed by atoms with van der Waals surface area (Å²) in [5, 5.41) is 9.18. The van der Waals surface area contributed by atoms with E-state index in [9.17, 15) is 9.18 Å². The molecule has 0 saturated carbocycles. The number of hydrogen-bond donors (Lipinski definition) is 1. The molecule has 1 heterocycles. The number of benzene rings is 1. The molecule has 0 aliphatic heterocycles. The molecule has 4 nitrogen and oxygen atoms in total. The number of methoxy groups -OCH3 is 1. The summed E-state index contributed by atoms with van der Waals surface area (Å²) in [5.74, 6) is -1.68. The van der Waals surface area contributed by atoms with Gasteiger partial charge in [0.15, 0.2) is 11.6 Å². The number of aromatic nitrogens is 1. The zero-order valence-corrected chi connectivity index (χ0v) is 8.40. The number of aromatic carboxylic acids is 1. The number of carboxylic acids is 1. The highest BCUT2D eigenvalue weighted by atomic mass is 19.1. The van der Waals surface area contributed by atoms with Crippen LogP contribution < -0.4 is 4.74 Å². The molecule has 82 valence electrons. The molecule has 0 amide bonds. The monoisotopic (exact) mass is 221 g/mol. The summed E-state index contributed by atoms with van der Waals surface area (Å²) < 4.78 is 18.2. The van der Waals surface area contributed by atoms with Gasteiger partial charge < -0.3 is 9.84 Å². The van der Waals surface area contributed by atoms with Crippen LogP contribution in [0.4, 0.5) is 4.39 Å². The molecule has 0 atom stereocenters. The molecule has 16 heavy (non-hydrogen) atoms. The molecule has 1 aromatic heterocycles. The minimum Gasteiger partial charge on any atom is -0.494 e. The number of pyridine rings is 1. The highest BCUT2D eigenvalue weighted by Gasteiger charge is 2.12. The van der Waals surface area contributed by atoms with E-state index in [1.165, 1.54) is 25.4 Å². The summed E-state index contributed by atoms with van der Waals surface area (Å²) in [7, 11) is 1.34. The standard InChI is InChI=1S/C11H8FNO3/c1-16-10-5-9-7(4-8(10)12)6(11(14)15)2-3-13-9/h2-5H,1H3,(H,14,15). The number of carboxylic acid groups (broad SMARTS) is 1. The SMILES string of the molecule is COc1cc2nccc(C(=O)O)c2cc1F. The topological polar surface area (TPSA) is 59.4 Å². The van der Waals surface area contributed by atoms with Gasteiger partial charge in [0.1, 0.15) is 0 Å². The molecule has 1 N–H and O–H groups in total. The lowest BCUT2D eigenvalue weighted by Crippen LogP contribution is -1.99. The van der Waals surface area contributed by atoms with Crippen molar-refractivity contribution in [2.45, 2.75) is 0 Å². The van der Waals surface area contributed by atoms with Gasteiger partial charge in [0, 0.05) is 17.6 Å². The minimum atomic E-state index is -1.11. The first-order valence-corrected chi connectivity index (χ1v) is 4.49. The molecule has 0 saturated heterocycles. The predicted molar refractivity (Wildman–Crippen MR) is 55.2 cm³/mol. The van der Waals surface area contributed by atoms with Crippen LogP contribution in [0.1, 0.15) is 10.4 Å². The van der Waals surface area contributed by atoms with Gasteiger partial charge in [-0.3, -0.25) is 4.98 Å². The summed E-state index contributed by atoms with van der Waals surface area (Å²) in [6, 6.07) is 3.82. The van der Waals surface area contributed by atoms with Crippen LogP contribution >= 0.6 is 0 Å². The van der Waals surface area contributed by atoms with Gasteiger partial charge in [-0.2, -0.15) is 0 Å². The smallest absolute Gasteiger partial charge is 0.336 e. The second-order valence-corrected chi connectivity index (χ2v) is 3.17. The van der Waals surface area contributed by atoms with E-state index in [-0.39, 0.29) is 16.7 Å². The maximum absolute atomic E-state index is 13.4. The van der Waals surface area contributed by atoms with Crippen molar-refractivity contribution >= 4 is 16.9 Å². The summed E-state index contributed by atoms with van der Waals surface area (Å²) in [5.41, 5.74) is 0.407. The maximum Gasteiger partial charge on any atom is 0.336 e. The zero-order chi connectivity index (χ0) is 11.7. The van der Waals surface area contributed by atoms with Crippen LogP contribution in [0.15, 0.2) is 24.4 Å². The molecule has 0 unspecified atom stereocenters. The van der Waals surface area contributed by atoms with Gasteiger partial charge >= 0.3 is 5.97 Å². The van der Waals surface area contributed by atoms with E-state index in [4.69, 9.17) is 9.84 Å². The van der Waals surface area contributed by atoms with Crippen molar-refractivity contribution in [1.82, 2.24) is 4.98 Å². The molecule has 0 bridgehead atoms. The average molecular weight is 221 g/mol. The van der Waals surface area contributed by atoms with Gasteiger partial charge in [-0.25, -0.2) is 9.18 Å². The molecular formula is C11H8FNO3. The van der Waals surface area contributed by atoms with E-state index < -0.39 is 11.8 Å². The van der Waals surface area contributed by atoms with Gasteiger partial charge in [-0.15, -0.1) is 0 Å². The molecule has 0 fully saturated rings. The Hall–Kier alpha value is -2.17. The summed E-state index contributed by atoms with van der Waals surface area (Å²) in [4.78, 5) is 14.9. The first-order chi connectivity index (χ1) is 7.63. The number of nitrogens with zero attached hydrogens (tertiary/aromatic N) is 1. The number of carbonyl (C=O) groups is 1. The van der Waals surface area contributed by atoms with E-state index in [2.05, 4.69) is 4.98 Å². The highest BCUT2D eigenvalue weighted by Crippen LogP contribution is 2.25. The fourth-order valence-electron chi connectivity index (χ4n) is 1.49. The number of halogens is 1. The average Bonchev–Trinajstić information content (AvgIpc) is 2.27. The Morgan fingerprint density at radius 1 is 1.50 bits per heavy atom. The number of fused-ring (bicyclic) bond motifs is 1. The quantitative estimate of drug-likeness (QED) is 0.843. The Bertz CT molecular complexity index is 568. The Balaban J connectivity index is 2.79. The molecule has 2 rings (SSSR count). The molecule has 0 aliphatic rings. The predicted octanol–water partition coefficient (Wildman–Crippen LogP) is 2.08. The lowest BCUT2D eigenvalue weighted by molar-refractivity contribution is 0.0699. The van der Waals surface area contributed by atoms with E-state index in [1.807, 2.05) is 0 Å².